The van der Waals surface area contributed by atoms with E-state index in [1.807, 2.05) is 12.1 Å². The fraction of sp³-hybridized carbons (Fsp3) is 0.533. The molecule has 1 aromatic rings. The Morgan fingerprint density at radius 2 is 1.95 bits per heavy atom. The minimum Gasteiger partial charge on any atom is -0.356 e. The minimum atomic E-state index is 0.0728. The van der Waals surface area contributed by atoms with Gasteiger partial charge in [0.2, 0.25) is 5.91 Å². The topological polar surface area (TPSA) is 32.3 Å². The summed E-state index contributed by atoms with van der Waals surface area (Å²) in [4.78, 5) is 13.4. The van der Waals surface area contributed by atoms with E-state index in [1.165, 1.54) is 5.56 Å². The van der Waals surface area contributed by atoms with Crippen LogP contribution in [0.15, 0.2) is 24.3 Å². The SMILES string of the molecule is CC(=O)NCC1CCN(Cc2ccc(Cl)cc2)CC1. The summed E-state index contributed by atoms with van der Waals surface area (Å²) in [6.45, 7) is 5.60. The number of amides is 1. The molecule has 3 nitrogen and oxygen atoms in total. The van der Waals surface area contributed by atoms with E-state index in [2.05, 4.69) is 22.3 Å². The number of halogens is 1. The van der Waals surface area contributed by atoms with Crippen molar-refractivity contribution in [3.63, 3.8) is 0 Å². The Hall–Kier alpha value is -1.06. The molecule has 0 saturated carbocycles. The molecule has 19 heavy (non-hydrogen) atoms. The van der Waals surface area contributed by atoms with Crippen LogP contribution in [-0.4, -0.2) is 30.4 Å². The summed E-state index contributed by atoms with van der Waals surface area (Å²) in [7, 11) is 0. The van der Waals surface area contributed by atoms with Gasteiger partial charge in [-0.3, -0.25) is 9.69 Å². The molecule has 2 rings (SSSR count). The summed E-state index contributed by atoms with van der Waals surface area (Å²) in [6.07, 6.45) is 2.32. The predicted molar refractivity (Wildman–Crippen MR) is 78.1 cm³/mol. The van der Waals surface area contributed by atoms with Gasteiger partial charge in [-0.15, -0.1) is 0 Å². The summed E-state index contributed by atoms with van der Waals surface area (Å²) < 4.78 is 0. The quantitative estimate of drug-likeness (QED) is 0.920. The minimum absolute atomic E-state index is 0.0728. The number of piperidine rings is 1. The largest absolute Gasteiger partial charge is 0.356 e. The van der Waals surface area contributed by atoms with Crippen LogP contribution in [0.25, 0.3) is 0 Å². The van der Waals surface area contributed by atoms with Crippen molar-refractivity contribution in [1.82, 2.24) is 10.2 Å². The molecule has 1 aromatic carbocycles. The number of nitrogens with one attached hydrogen (secondary N) is 1. The van der Waals surface area contributed by atoms with Gasteiger partial charge in [-0.25, -0.2) is 0 Å². The zero-order valence-electron chi connectivity index (χ0n) is 11.4. The Morgan fingerprint density at radius 3 is 2.53 bits per heavy atom. The van der Waals surface area contributed by atoms with Gasteiger partial charge < -0.3 is 5.32 Å². The van der Waals surface area contributed by atoms with Gasteiger partial charge >= 0.3 is 0 Å². The lowest BCUT2D eigenvalue weighted by Gasteiger charge is -2.32. The Morgan fingerprint density at radius 1 is 1.32 bits per heavy atom. The molecule has 1 N–H and O–H groups in total. The molecule has 0 unspecified atom stereocenters. The average Bonchev–Trinajstić information content (AvgIpc) is 2.40. The van der Waals surface area contributed by atoms with E-state index >= 15 is 0 Å². The molecule has 1 amide bonds. The van der Waals surface area contributed by atoms with E-state index in [0.717, 1.165) is 44.0 Å². The van der Waals surface area contributed by atoms with Crippen LogP contribution in [-0.2, 0) is 11.3 Å². The number of hydrogen-bond donors (Lipinski definition) is 1. The zero-order valence-corrected chi connectivity index (χ0v) is 12.1. The van der Waals surface area contributed by atoms with E-state index in [1.54, 1.807) is 6.92 Å². The Bertz CT molecular complexity index is 411. The van der Waals surface area contributed by atoms with Crippen LogP contribution in [0, 0.1) is 5.92 Å². The van der Waals surface area contributed by atoms with E-state index < -0.39 is 0 Å². The lowest BCUT2D eigenvalue weighted by molar-refractivity contribution is -0.119. The highest BCUT2D eigenvalue weighted by atomic mass is 35.5. The highest BCUT2D eigenvalue weighted by Crippen LogP contribution is 2.19. The Labute approximate surface area is 119 Å². The maximum absolute atomic E-state index is 10.9. The summed E-state index contributed by atoms with van der Waals surface area (Å²) in [5.41, 5.74) is 1.31. The molecule has 1 aliphatic heterocycles. The first kappa shape index (κ1) is 14.4. The third kappa shape index (κ3) is 4.84. The molecule has 1 saturated heterocycles. The number of nitrogens with zero attached hydrogens (tertiary/aromatic N) is 1. The van der Waals surface area contributed by atoms with Crippen LogP contribution in [0.1, 0.15) is 25.3 Å². The van der Waals surface area contributed by atoms with Crippen LogP contribution in [0.3, 0.4) is 0 Å². The average molecular weight is 281 g/mol. The van der Waals surface area contributed by atoms with Crippen molar-refractivity contribution in [3.8, 4) is 0 Å². The van der Waals surface area contributed by atoms with Crippen LogP contribution >= 0.6 is 11.6 Å². The third-order valence-electron chi connectivity index (χ3n) is 3.67. The second kappa shape index (κ2) is 6.92. The molecule has 0 radical (unpaired) electrons. The molecular formula is C15H21ClN2O. The number of carbonyl (C=O) groups excluding carboxylic acids is 1. The van der Waals surface area contributed by atoms with Gasteiger partial charge in [-0.2, -0.15) is 0 Å². The number of carbonyl (C=O) groups is 1. The van der Waals surface area contributed by atoms with Gasteiger partial charge in [0.1, 0.15) is 0 Å². The Kier molecular flexibility index (Phi) is 5.23. The van der Waals surface area contributed by atoms with Crippen LogP contribution in [0.2, 0.25) is 5.02 Å². The van der Waals surface area contributed by atoms with Gasteiger partial charge in [-0.05, 0) is 49.5 Å². The first-order valence-electron chi connectivity index (χ1n) is 6.85. The highest BCUT2D eigenvalue weighted by Gasteiger charge is 2.19. The molecule has 0 bridgehead atoms. The van der Waals surface area contributed by atoms with Crippen molar-refractivity contribution < 1.29 is 4.79 Å². The maximum Gasteiger partial charge on any atom is 0.216 e. The second-order valence-electron chi connectivity index (χ2n) is 5.28. The molecule has 1 heterocycles. The number of rotatable bonds is 4. The zero-order chi connectivity index (χ0) is 13.7. The smallest absolute Gasteiger partial charge is 0.216 e. The van der Waals surface area contributed by atoms with E-state index in [-0.39, 0.29) is 5.91 Å². The summed E-state index contributed by atoms with van der Waals surface area (Å²) in [6, 6.07) is 8.07. The van der Waals surface area contributed by atoms with Crippen molar-refractivity contribution >= 4 is 17.5 Å². The lowest BCUT2D eigenvalue weighted by Crippen LogP contribution is -2.37. The van der Waals surface area contributed by atoms with Gasteiger partial charge in [0.25, 0.3) is 0 Å². The maximum atomic E-state index is 10.9. The van der Waals surface area contributed by atoms with Crippen molar-refractivity contribution in [2.45, 2.75) is 26.3 Å². The molecule has 1 fully saturated rings. The molecule has 0 spiro atoms. The molecular weight excluding hydrogens is 260 g/mol. The number of benzene rings is 1. The van der Waals surface area contributed by atoms with Gasteiger partial charge in [0.15, 0.2) is 0 Å². The molecule has 4 heteroatoms. The van der Waals surface area contributed by atoms with Crippen LogP contribution in [0.5, 0.6) is 0 Å². The fourth-order valence-electron chi connectivity index (χ4n) is 2.48. The normalized spacial score (nSPS) is 17.4. The van der Waals surface area contributed by atoms with Gasteiger partial charge in [0, 0.05) is 25.0 Å². The Balaban J connectivity index is 1.74. The van der Waals surface area contributed by atoms with Gasteiger partial charge in [0.05, 0.1) is 0 Å². The van der Waals surface area contributed by atoms with E-state index in [9.17, 15) is 4.79 Å². The van der Waals surface area contributed by atoms with Crippen molar-refractivity contribution in [2.75, 3.05) is 19.6 Å². The first-order valence-corrected chi connectivity index (χ1v) is 7.22. The van der Waals surface area contributed by atoms with Crippen molar-refractivity contribution in [3.05, 3.63) is 34.9 Å². The monoisotopic (exact) mass is 280 g/mol. The van der Waals surface area contributed by atoms with Crippen LogP contribution in [0.4, 0.5) is 0 Å². The fourth-order valence-corrected chi connectivity index (χ4v) is 2.61. The third-order valence-corrected chi connectivity index (χ3v) is 3.92. The lowest BCUT2D eigenvalue weighted by atomic mass is 9.96. The first-order chi connectivity index (χ1) is 9.13. The molecule has 0 aromatic heterocycles. The second-order valence-corrected chi connectivity index (χ2v) is 5.72. The predicted octanol–water partition coefficient (Wildman–Crippen LogP) is 2.69. The number of hydrogen-bond acceptors (Lipinski definition) is 2. The summed E-state index contributed by atoms with van der Waals surface area (Å²) in [5, 5.41) is 3.70. The molecule has 0 atom stereocenters. The standard InChI is InChI=1S/C15H21ClN2O/c1-12(19)17-10-13-6-8-18(9-7-13)11-14-2-4-15(16)5-3-14/h2-5,13H,6-11H2,1H3,(H,17,19). The number of likely N-dealkylation sites (tertiary alicyclic amines) is 1. The molecule has 0 aliphatic carbocycles. The molecule has 104 valence electrons. The van der Waals surface area contributed by atoms with Gasteiger partial charge in [-0.1, -0.05) is 23.7 Å². The molecule has 1 aliphatic rings. The highest BCUT2D eigenvalue weighted by molar-refractivity contribution is 6.30. The summed E-state index contributed by atoms with van der Waals surface area (Å²) in [5.74, 6) is 0.703. The van der Waals surface area contributed by atoms with E-state index in [4.69, 9.17) is 11.6 Å². The van der Waals surface area contributed by atoms with Crippen molar-refractivity contribution in [2.24, 2.45) is 5.92 Å². The summed E-state index contributed by atoms with van der Waals surface area (Å²) >= 11 is 5.89. The van der Waals surface area contributed by atoms with E-state index in [0.29, 0.717) is 5.92 Å². The van der Waals surface area contributed by atoms with Crippen LogP contribution < -0.4 is 5.32 Å². The van der Waals surface area contributed by atoms with Crippen molar-refractivity contribution in [1.29, 1.82) is 0 Å².